The van der Waals surface area contributed by atoms with Crippen LogP contribution >= 0.6 is 0 Å². The third kappa shape index (κ3) is 3.76. The van der Waals surface area contributed by atoms with Crippen LogP contribution in [0.5, 0.6) is 5.75 Å². The van der Waals surface area contributed by atoms with E-state index < -0.39 is 0 Å². The molecule has 2 N–H and O–H groups in total. The van der Waals surface area contributed by atoms with E-state index in [-0.39, 0.29) is 18.2 Å². The predicted octanol–water partition coefficient (Wildman–Crippen LogP) is 2.58. The summed E-state index contributed by atoms with van der Waals surface area (Å²) in [5.41, 5.74) is 7.55. The molecule has 118 valence electrons. The maximum atomic E-state index is 6.33. The zero-order valence-corrected chi connectivity index (χ0v) is 13.6. The fourth-order valence-electron chi connectivity index (χ4n) is 3.19. The van der Waals surface area contributed by atoms with Gasteiger partial charge in [0.1, 0.15) is 5.75 Å². The van der Waals surface area contributed by atoms with E-state index in [1.54, 1.807) is 7.11 Å². The number of nitrogens with zero attached hydrogens (tertiary/aromatic N) is 1. The second kappa shape index (κ2) is 7.25. The van der Waals surface area contributed by atoms with Crippen LogP contribution in [0.25, 0.3) is 0 Å². The number of benzene rings is 1. The standard InChI is InChI=1S/C17H28N2O2/c1-5-15-11-21-12(2)10-19(15)17(13(3)18)14-7-6-8-16(9-14)20-4/h6-9,12-13,15,17H,5,10-11,18H2,1-4H3. The highest BCUT2D eigenvalue weighted by atomic mass is 16.5. The molecule has 4 unspecified atom stereocenters. The summed E-state index contributed by atoms with van der Waals surface area (Å²) in [6.45, 7) is 8.12. The molecule has 0 spiro atoms. The number of morpholine rings is 1. The van der Waals surface area contributed by atoms with Crippen LogP contribution in [0.2, 0.25) is 0 Å². The molecule has 1 heterocycles. The SMILES string of the molecule is CCC1COC(C)CN1C(c1cccc(OC)c1)C(C)N. The van der Waals surface area contributed by atoms with E-state index in [0.717, 1.165) is 25.3 Å². The number of hydrogen-bond acceptors (Lipinski definition) is 4. The first-order valence-corrected chi connectivity index (χ1v) is 7.83. The second-order valence-corrected chi connectivity index (χ2v) is 5.98. The average Bonchev–Trinajstić information content (AvgIpc) is 2.47. The Balaban J connectivity index is 2.32. The molecule has 0 saturated carbocycles. The summed E-state index contributed by atoms with van der Waals surface area (Å²) in [4.78, 5) is 2.51. The Labute approximate surface area is 128 Å². The van der Waals surface area contributed by atoms with Gasteiger partial charge in [-0.05, 0) is 38.0 Å². The van der Waals surface area contributed by atoms with Gasteiger partial charge in [0, 0.05) is 18.6 Å². The van der Waals surface area contributed by atoms with Crippen LogP contribution in [-0.4, -0.2) is 43.3 Å². The third-order valence-electron chi connectivity index (χ3n) is 4.27. The number of ether oxygens (including phenoxy) is 2. The molecule has 1 saturated heterocycles. The van der Waals surface area contributed by atoms with Crippen LogP contribution in [-0.2, 0) is 4.74 Å². The van der Waals surface area contributed by atoms with Crippen molar-refractivity contribution in [2.24, 2.45) is 5.73 Å². The Kier molecular flexibility index (Phi) is 5.62. The summed E-state index contributed by atoms with van der Waals surface area (Å²) in [6, 6.07) is 8.91. The first-order chi connectivity index (χ1) is 10.1. The molecule has 0 aliphatic carbocycles. The molecule has 1 fully saturated rings. The van der Waals surface area contributed by atoms with Crippen molar-refractivity contribution in [3.8, 4) is 5.75 Å². The van der Waals surface area contributed by atoms with E-state index in [2.05, 4.69) is 37.8 Å². The normalized spacial score (nSPS) is 26.3. The van der Waals surface area contributed by atoms with E-state index in [1.165, 1.54) is 5.56 Å². The molecule has 2 rings (SSSR count). The smallest absolute Gasteiger partial charge is 0.119 e. The van der Waals surface area contributed by atoms with Gasteiger partial charge in [-0.15, -0.1) is 0 Å². The summed E-state index contributed by atoms with van der Waals surface area (Å²) >= 11 is 0. The largest absolute Gasteiger partial charge is 0.497 e. The maximum Gasteiger partial charge on any atom is 0.119 e. The molecule has 1 aromatic carbocycles. The molecule has 4 nitrogen and oxygen atoms in total. The lowest BCUT2D eigenvalue weighted by Crippen LogP contribution is -2.53. The van der Waals surface area contributed by atoms with Crippen molar-refractivity contribution < 1.29 is 9.47 Å². The minimum Gasteiger partial charge on any atom is -0.497 e. The lowest BCUT2D eigenvalue weighted by Gasteiger charge is -2.44. The third-order valence-corrected chi connectivity index (χ3v) is 4.27. The van der Waals surface area contributed by atoms with Gasteiger partial charge < -0.3 is 15.2 Å². The number of rotatable bonds is 5. The van der Waals surface area contributed by atoms with Gasteiger partial charge in [-0.1, -0.05) is 19.1 Å². The van der Waals surface area contributed by atoms with Gasteiger partial charge in [-0.25, -0.2) is 0 Å². The van der Waals surface area contributed by atoms with Crippen LogP contribution in [0.1, 0.15) is 38.8 Å². The molecule has 1 aliphatic heterocycles. The first-order valence-electron chi connectivity index (χ1n) is 7.83. The Morgan fingerprint density at radius 3 is 2.86 bits per heavy atom. The fourth-order valence-corrected chi connectivity index (χ4v) is 3.19. The van der Waals surface area contributed by atoms with Crippen molar-refractivity contribution in [2.75, 3.05) is 20.3 Å². The maximum absolute atomic E-state index is 6.33. The molecule has 0 radical (unpaired) electrons. The van der Waals surface area contributed by atoms with Crippen LogP contribution in [0, 0.1) is 0 Å². The lowest BCUT2D eigenvalue weighted by molar-refractivity contribution is -0.0762. The monoisotopic (exact) mass is 292 g/mol. The number of methoxy groups -OCH3 is 1. The van der Waals surface area contributed by atoms with Crippen molar-refractivity contribution in [1.29, 1.82) is 0 Å². The number of nitrogens with two attached hydrogens (primary N) is 1. The highest BCUT2D eigenvalue weighted by molar-refractivity contribution is 5.31. The van der Waals surface area contributed by atoms with E-state index in [9.17, 15) is 0 Å². The van der Waals surface area contributed by atoms with E-state index in [4.69, 9.17) is 15.2 Å². The molecule has 4 atom stereocenters. The van der Waals surface area contributed by atoms with Gasteiger partial charge in [0.05, 0.1) is 25.9 Å². The number of hydrogen-bond donors (Lipinski definition) is 1. The summed E-state index contributed by atoms with van der Waals surface area (Å²) in [5, 5.41) is 0. The topological polar surface area (TPSA) is 47.7 Å². The van der Waals surface area contributed by atoms with E-state index >= 15 is 0 Å². The molecular weight excluding hydrogens is 264 g/mol. The van der Waals surface area contributed by atoms with Crippen LogP contribution in [0.4, 0.5) is 0 Å². The molecule has 1 aliphatic rings. The Morgan fingerprint density at radius 2 is 2.24 bits per heavy atom. The van der Waals surface area contributed by atoms with Crippen LogP contribution in [0.15, 0.2) is 24.3 Å². The van der Waals surface area contributed by atoms with Crippen molar-refractivity contribution in [3.63, 3.8) is 0 Å². The van der Waals surface area contributed by atoms with Gasteiger partial charge in [0.2, 0.25) is 0 Å². The molecule has 0 aromatic heterocycles. The van der Waals surface area contributed by atoms with E-state index in [1.807, 2.05) is 12.1 Å². The van der Waals surface area contributed by atoms with Crippen LogP contribution < -0.4 is 10.5 Å². The average molecular weight is 292 g/mol. The van der Waals surface area contributed by atoms with Crippen molar-refractivity contribution in [3.05, 3.63) is 29.8 Å². The van der Waals surface area contributed by atoms with Crippen molar-refractivity contribution in [2.45, 2.75) is 51.4 Å². The van der Waals surface area contributed by atoms with Gasteiger partial charge >= 0.3 is 0 Å². The summed E-state index contributed by atoms with van der Waals surface area (Å²) < 4.78 is 11.2. The Morgan fingerprint density at radius 1 is 1.48 bits per heavy atom. The zero-order valence-electron chi connectivity index (χ0n) is 13.6. The highest BCUT2D eigenvalue weighted by Gasteiger charge is 2.34. The summed E-state index contributed by atoms with van der Waals surface area (Å²) in [7, 11) is 1.70. The lowest BCUT2D eigenvalue weighted by atomic mass is 9.95. The fraction of sp³-hybridized carbons (Fsp3) is 0.647. The minimum atomic E-state index is 0.0523. The zero-order chi connectivity index (χ0) is 15.4. The first kappa shape index (κ1) is 16.3. The highest BCUT2D eigenvalue weighted by Crippen LogP contribution is 2.31. The van der Waals surface area contributed by atoms with Gasteiger partial charge in [-0.3, -0.25) is 4.90 Å². The summed E-state index contributed by atoms with van der Waals surface area (Å²) in [6.07, 6.45) is 1.32. The predicted molar refractivity (Wildman–Crippen MR) is 85.6 cm³/mol. The molecule has 0 bridgehead atoms. The quantitative estimate of drug-likeness (QED) is 0.906. The van der Waals surface area contributed by atoms with E-state index in [0.29, 0.717) is 6.04 Å². The molecular formula is C17H28N2O2. The van der Waals surface area contributed by atoms with Crippen molar-refractivity contribution in [1.82, 2.24) is 4.90 Å². The Bertz CT molecular complexity index is 450. The molecule has 21 heavy (non-hydrogen) atoms. The summed E-state index contributed by atoms with van der Waals surface area (Å²) in [5.74, 6) is 0.882. The van der Waals surface area contributed by atoms with Crippen LogP contribution in [0.3, 0.4) is 0 Å². The molecule has 0 amide bonds. The minimum absolute atomic E-state index is 0.0523. The molecule has 1 aromatic rings. The second-order valence-electron chi connectivity index (χ2n) is 5.98. The van der Waals surface area contributed by atoms with Gasteiger partial charge in [-0.2, -0.15) is 0 Å². The van der Waals surface area contributed by atoms with Crippen molar-refractivity contribution >= 4 is 0 Å². The van der Waals surface area contributed by atoms with Gasteiger partial charge in [0.15, 0.2) is 0 Å². The molecule has 4 heteroatoms. The Hall–Kier alpha value is -1.10. The van der Waals surface area contributed by atoms with Gasteiger partial charge in [0.25, 0.3) is 0 Å².